The molecule has 104 valence electrons. The summed E-state index contributed by atoms with van der Waals surface area (Å²) in [7, 11) is 0. The monoisotopic (exact) mass is 266 g/mol. The third-order valence-electron chi connectivity index (χ3n) is 2.25. The molecule has 19 heavy (non-hydrogen) atoms. The zero-order valence-electron chi connectivity index (χ0n) is 10.8. The van der Waals surface area contributed by atoms with Crippen molar-refractivity contribution in [2.24, 2.45) is 0 Å². The van der Waals surface area contributed by atoms with E-state index in [2.05, 4.69) is 10.6 Å². The molecule has 1 aromatic carbocycles. The van der Waals surface area contributed by atoms with Gasteiger partial charge in [-0.05, 0) is 31.2 Å². The molecule has 1 aromatic rings. The smallest absolute Gasteiger partial charge is 0.304 e. The quantitative estimate of drug-likeness (QED) is 0.613. The van der Waals surface area contributed by atoms with Crippen LogP contribution < -0.4 is 15.4 Å². The Morgan fingerprint density at radius 1 is 1.26 bits per heavy atom. The molecular weight excluding hydrogens is 248 g/mol. The van der Waals surface area contributed by atoms with E-state index in [0.717, 1.165) is 5.75 Å². The Bertz CT molecular complexity index is 417. The number of carbonyl (C=O) groups excluding carboxylic acids is 1. The fraction of sp³-hybridized carbons (Fsp3) is 0.385. The van der Waals surface area contributed by atoms with Crippen molar-refractivity contribution in [1.29, 1.82) is 0 Å². The number of anilines is 1. The maximum absolute atomic E-state index is 11.5. The van der Waals surface area contributed by atoms with E-state index < -0.39 is 5.97 Å². The van der Waals surface area contributed by atoms with E-state index in [1.165, 1.54) is 0 Å². The van der Waals surface area contributed by atoms with E-state index in [9.17, 15) is 9.59 Å². The lowest BCUT2D eigenvalue weighted by Gasteiger charge is -2.07. The molecule has 3 N–H and O–H groups in total. The minimum atomic E-state index is -0.889. The van der Waals surface area contributed by atoms with Crippen LogP contribution in [0.25, 0.3) is 0 Å². The number of ether oxygens (including phenoxy) is 1. The Morgan fingerprint density at radius 3 is 2.53 bits per heavy atom. The largest absolute Gasteiger partial charge is 0.494 e. The lowest BCUT2D eigenvalue weighted by Crippen LogP contribution is -2.29. The van der Waals surface area contributed by atoms with Crippen LogP contribution in [0.4, 0.5) is 5.69 Å². The fourth-order valence-corrected chi connectivity index (χ4v) is 1.40. The second-order valence-corrected chi connectivity index (χ2v) is 3.83. The van der Waals surface area contributed by atoms with E-state index in [1.54, 1.807) is 24.3 Å². The van der Waals surface area contributed by atoms with E-state index in [1.807, 2.05) is 6.92 Å². The van der Waals surface area contributed by atoms with Crippen molar-refractivity contribution in [3.63, 3.8) is 0 Å². The highest BCUT2D eigenvalue weighted by molar-refractivity contribution is 5.92. The van der Waals surface area contributed by atoms with Crippen molar-refractivity contribution >= 4 is 17.6 Å². The summed E-state index contributed by atoms with van der Waals surface area (Å²) in [5.74, 6) is -0.353. The summed E-state index contributed by atoms with van der Waals surface area (Å²) in [5, 5.41) is 13.9. The highest BCUT2D eigenvalue weighted by Gasteiger charge is 2.03. The predicted molar refractivity (Wildman–Crippen MR) is 71.4 cm³/mol. The zero-order valence-corrected chi connectivity index (χ0v) is 10.8. The first-order valence-corrected chi connectivity index (χ1v) is 6.07. The van der Waals surface area contributed by atoms with Crippen LogP contribution >= 0.6 is 0 Å². The molecule has 0 saturated carbocycles. The summed E-state index contributed by atoms with van der Waals surface area (Å²) < 4.78 is 5.29. The van der Waals surface area contributed by atoms with Gasteiger partial charge in [0.1, 0.15) is 5.75 Å². The van der Waals surface area contributed by atoms with Crippen LogP contribution in [0.1, 0.15) is 13.3 Å². The SMILES string of the molecule is CCOc1ccc(NC(=O)CNCCC(=O)O)cc1. The van der Waals surface area contributed by atoms with E-state index in [-0.39, 0.29) is 25.4 Å². The lowest BCUT2D eigenvalue weighted by molar-refractivity contribution is -0.137. The second kappa shape index (κ2) is 8.10. The minimum Gasteiger partial charge on any atom is -0.494 e. The molecule has 0 atom stereocenters. The Labute approximate surface area is 111 Å². The molecule has 0 heterocycles. The summed E-state index contributed by atoms with van der Waals surface area (Å²) in [4.78, 5) is 21.8. The van der Waals surface area contributed by atoms with Gasteiger partial charge < -0.3 is 20.5 Å². The Hall–Kier alpha value is -2.08. The summed E-state index contributed by atoms with van der Waals surface area (Å²) in [5.41, 5.74) is 0.675. The van der Waals surface area contributed by atoms with Crippen LogP contribution in [-0.4, -0.2) is 36.7 Å². The van der Waals surface area contributed by atoms with Gasteiger partial charge in [-0.1, -0.05) is 0 Å². The molecule has 0 fully saturated rings. The summed E-state index contributed by atoms with van der Waals surface area (Å²) in [6, 6.07) is 7.05. The Kier molecular flexibility index (Phi) is 6.38. The first kappa shape index (κ1) is 15.0. The van der Waals surface area contributed by atoms with E-state index in [0.29, 0.717) is 12.3 Å². The standard InChI is InChI=1S/C13H18N2O4/c1-2-19-11-5-3-10(4-6-11)15-12(16)9-14-8-7-13(17)18/h3-6,14H,2,7-9H2,1H3,(H,15,16)(H,17,18). The third kappa shape index (κ3) is 6.42. The van der Waals surface area contributed by atoms with Crippen LogP contribution in [-0.2, 0) is 9.59 Å². The second-order valence-electron chi connectivity index (χ2n) is 3.83. The molecule has 0 unspecified atom stereocenters. The number of carbonyl (C=O) groups is 2. The van der Waals surface area contributed by atoms with Gasteiger partial charge in [-0.2, -0.15) is 0 Å². The Balaban J connectivity index is 2.29. The lowest BCUT2D eigenvalue weighted by atomic mass is 10.3. The van der Waals surface area contributed by atoms with Gasteiger partial charge in [-0.15, -0.1) is 0 Å². The number of amides is 1. The number of aliphatic carboxylic acids is 1. The fourth-order valence-electron chi connectivity index (χ4n) is 1.40. The molecule has 6 heteroatoms. The zero-order chi connectivity index (χ0) is 14.1. The number of benzene rings is 1. The normalized spacial score (nSPS) is 9.95. The van der Waals surface area contributed by atoms with Gasteiger partial charge in [0.05, 0.1) is 19.6 Å². The van der Waals surface area contributed by atoms with Crippen LogP contribution in [0.5, 0.6) is 5.75 Å². The van der Waals surface area contributed by atoms with Crippen molar-refractivity contribution in [2.45, 2.75) is 13.3 Å². The molecule has 0 spiro atoms. The minimum absolute atomic E-state index is 0.00364. The average molecular weight is 266 g/mol. The maximum Gasteiger partial charge on any atom is 0.304 e. The molecule has 6 nitrogen and oxygen atoms in total. The molecular formula is C13H18N2O4. The number of carboxylic acids is 1. The number of hydrogen-bond donors (Lipinski definition) is 3. The van der Waals surface area contributed by atoms with Gasteiger partial charge in [0.15, 0.2) is 0 Å². The first-order chi connectivity index (χ1) is 9.11. The van der Waals surface area contributed by atoms with Gasteiger partial charge in [0.25, 0.3) is 0 Å². The van der Waals surface area contributed by atoms with Crippen molar-refractivity contribution < 1.29 is 19.4 Å². The van der Waals surface area contributed by atoms with Crippen LogP contribution in [0.2, 0.25) is 0 Å². The van der Waals surface area contributed by atoms with E-state index >= 15 is 0 Å². The molecule has 0 radical (unpaired) electrons. The molecule has 0 aliphatic heterocycles. The predicted octanol–water partition coefficient (Wildman–Crippen LogP) is 1.09. The number of hydrogen-bond acceptors (Lipinski definition) is 4. The maximum atomic E-state index is 11.5. The highest BCUT2D eigenvalue weighted by Crippen LogP contribution is 2.15. The molecule has 0 saturated heterocycles. The highest BCUT2D eigenvalue weighted by atomic mass is 16.5. The molecule has 0 aliphatic rings. The first-order valence-electron chi connectivity index (χ1n) is 6.07. The summed E-state index contributed by atoms with van der Waals surface area (Å²) in [6.07, 6.45) is -0.00364. The van der Waals surface area contributed by atoms with Gasteiger partial charge in [-0.3, -0.25) is 9.59 Å². The van der Waals surface area contributed by atoms with E-state index in [4.69, 9.17) is 9.84 Å². The molecule has 0 bridgehead atoms. The van der Waals surface area contributed by atoms with Gasteiger partial charge in [0, 0.05) is 12.2 Å². The van der Waals surface area contributed by atoms with Crippen LogP contribution in [0.15, 0.2) is 24.3 Å². The van der Waals surface area contributed by atoms with Gasteiger partial charge in [0.2, 0.25) is 5.91 Å². The van der Waals surface area contributed by atoms with Crippen LogP contribution in [0.3, 0.4) is 0 Å². The van der Waals surface area contributed by atoms with Gasteiger partial charge in [-0.25, -0.2) is 0 Å². The number of carboxylic acid groups (broad SMARTS) is 1. The summed E-state index contributed by atoms with van der Waals surface area (Å²) >= 11 is 0. The van der Waals surface area contributed by atoms with Gasteiger partial charge >= 0.3 is 5.97 Å². The third-order valence-corrected chi connectivity index (χ3v) is 2.25. The average Bonchev–Trinajstić information content (AvgIpc) is 2.37. The van der Waals surface area contributed by atoms with Crippen molar-refractivity contribution in [3.05, 3.63) is 24.3 Å². The topological polar surface area (TPSA) is 87.7 Å². The Morgan fingerprint density at radius 2 is 1.95 bits per heavy atom. The molecule has 1 amide bonds. The molecule has 0 aliphatic carbocycles. The van der Waals surface area contributed by atoms with Crippen molar-refractivity contribution in [3.8, 4) is 5.75 Å². The molecule has 0 aromatic heterocycles. The number of rotatable bonds is 8. The van der Waals surface area contributed by atoms with Crippen LogP contribution in [0, 0.1) is 0 Å². The number of nitrogens with one attached hydrogen (secondary N) is 2. The van der Waals surface area contributed by atoms with Crippen molar-refractivity contribution in [2.75, 3.05) is 25.0 Å². The summed E-state index contributed by atoms with van der Waals surface area (Å²) in [6.45, 7) is 2.85. The molecule has 1 rings (SSSR count). The van der Waals surface area contributed by atoms with Crippen molar-refractivity contribution in [1.82, 2.24) is 5.32 Å².